The minimum atomic E-state index is 0.424. The number of benzene rings is 1. The lowest BCUT2D eigenvalue weighted by molar-refractivity contribution is 0.619. The normalized spacial score (nSPS) is 10.9. The third-order valence-electron chi connectivity index (χ3n) is 2.27. The number of aromatic nitrogens is 3. The summed E-state index contributed by atoms with van der Waals surface area (Å²) in [4.78, 5) is 11.1. The number of aromatic amines is 1. The summed E-state index contributed by atoms with van der Waals surface area (Å²) in [5, 5.41) is 0.628. The minimum Gasteiger partial charge on any atom is -0.436 e. The molecule has 0 unspecified atom stereocenters. The Labute approximate surface area is 106 Å². The monoisotopic (exact) mass is 263 g/mol. The lowest BCUT2D eigenvalue weighted by Crippen LogP contribution is -1.83. The molecule has 0 saturated heterocycles. The molecular formula is C11H6ClN3OS. The molecule has 0 atom stereocenters. The van der Waals surface area contributed by atoms with E-state index in [1.165, 1.54) is 0 Å². The van der Waals surface area contributed by atoms with Crippen LogP contribution in [-0.4, -0.2) is 15.0 Å². The lowest BCUT2D eigenvalue weighted by atomic mass is 10.3. The van der Waals surface area contributed by atoms with Gasteiger partial charge in [-0.25, -0.2) is 9.97 Å². The fourth-order valence-electron chi connectivity index (χ4n) is 1.48. The van der Waals surface area contributed by atoms with Crippen LogP contribution in [0.3, 0.4) is 0 Å². The van der Waals surface area contributed by atoms with E-state index in [-0.39, 0.29) is 0 Å². The van der Waals surface area contributed by atoms with Crippen molar-refractivity contribution in [1.82, 2.24) is 15.0 Å². The van der Waals surface area contributed by atoms with Crippen LogP contribution in [0.4, 0.5) is 0 Å². The molecule has 2 aromatic heterocycles. The Morgan fingerprint density at radius 1 is 1.35 bits per heavy atom. The van der Waals surface area contributed by atoms with Gasteiger partial charge in [0.15, 0.2) is 10.4 Å². The van der Waals surface area contributed by atoms with Crippen LogP contribution in [0.15, 0.2) is 35.0 Å². The molecule has 0 saturated carbocycles. The Kier molecular flexibility index (Phi) is 2.42. The Morgan fingerprint density at radius 2 is 2.24 bits per heavy atom. The van der Waals surface area contributed by atoms with Crippen molar-refractivity contribution in [1.29, 1.82) is 0 Å². The number of hydrogen-bond donors (Lipinski definition) is 1. The minimum absolute atomic E-state index is 0.424. The highest BCUT2D eigenvalue weighted by atomic mass is 35.5. The molecule has 0 aliphatic carbocycles. The van der Waals surface area contributed by atoms with Crippen LogP contribution in [0, 0.1) is 4.77 Å². The molecule has 1 aromatic carbocycles. The van der Waals surface area contributed by atoms with E-state index in [2.05, 4.69) is 15.0 Å². The molecule has 1 N–H and O–H groups in total. The Balaban J connectivity index is 2.17. The molecule has 0 aliphatic heterocycles. The molecule has 4 nitrogen and oxygen atoms in total. The molecular weight excluding hydrogens is 258 g/mol. The van der Waals surface area contributed by atoms with Crippen LogP contribution in [0.2, 0.25) is 5.02 Å². The molecule has 0 bridgehead atoms. The smallest absolute Gasteiger partial charge is 0.230 e. The number of hydrogen-bond acceptors (Lipinski definition) is 4. The zero-order valence-corrected chi connectivity index (χ0v) is 10.0. The van der Waals surface area contributed by atoms with Crippen molar-refractivity contribution in [3.63, 3.8) is 0 Å². The number of fused-ring (bicyclic) bond motifs is 1. The zero-order chi connectivity index (χ0) is 11.8. The molecule has 0 aliphatic rings. The first-order valence-corrected chi connectivity index (χ1v) is 5.62. The first-order chi connectivity index (χ1) is 8.22. The average Bonchev–Trinajstić information content (AvgIpc) is 2.72. The third-order valence-corrected chi connectivity index (χ3v) is 2.73. The van der Waals surface area contributed by atoms with Gasteiger partial charge in [-0.1, -0.05) is 11.6 Å². The number of oxazole rings is 1. The van der Waals surface area contributed by atoms with Crippen LogP contribution < -0.4 is 0 Å². The van der Waals surface area contributed by atoms with Crippen molar-refractivity contribution in [2.24, 2.45) is 0 Å². The SMILES string of the molecule is S=c1ncc(-c2nc3cc(Cl)ccc3o2)c[nH]1. The number of rotatable bonds is 1. The van der Waals surface area contributed by atoms with Crippen LogP contribution in [0.1, 0.15) is 0 Å². The zero-order valence-electron chi connectivity index (χ0n) is 8.48. The maximum atomic E-state index is 5.88. The van der Waals surface area contributed by atoms with E-state index in [0.717, 1.165) is 11.1 Å². The predicted octanol–water partition coefficient (Wildman–Crippen LogP) is 3.60. The van der Waals surface area contributed by atoms with Crippen molar-refractivity contribution in [3.8, 4) is 11.5 Å². The molecule has 3 aromatic rings. The number of halogens is 1. The molecule has 0 fully saturated rings. The van der Waals surface area contributed by atoms with E-state index in [0.29, 0.717) is 21.3 Å². The molecule has 84 valence electrons. The van der Waals surface area contributed by atoms with Gasteiger partial charge in [-0.05, 0) is 30.4 Å². The Morgan fingerprint density at radius 3 is 3.00 bits per heavy atom. The van der Waals surface area contributed by atoms with Gasteiger partial charge in [-0.2, -0.15) is 0 Å². The van der Waals surface area contributed by atoms with Gasteiger partial charge >= 0.3 is 0 Å². The van der Waals surface area contributed by atoms with Crippen molar-refractivity contribution >= 4 is 34.9 Å². The summed E-state index contributed by atoms with van der Waals surface area (Å²) in [6.45, 7) is 0. The quantitative estimate of drug-likeness (QED) is 0.682. The van der Waals surface area contributed by atoms with Gasteiger partial charge in [-0.15, -0.1) is 0 Å². The Bertz CT molecular complexity index is 729. The third kappa shape index (κ3) is 1.94. The van der Waals surface area contributed by atoms with E-state index in [4.69, 9.17) is 28.2 Å². The van der Waals surface area contributed by atoms with E-state index in [1.54, 1.807) is 30.6 Å². The van der Waals surface area contributed by atoms with Gasteiger partial charge < -0.3 is 9.40 Å². The van der Waals surface area contributed by atoms with E-state index in [9.17, 15) is 0 Å². The summed E-state index contributed by atoms with van der Waals surface area (Å²) in [7, 11) is 0. The van der Waals surface area contributed by atoms with Crippen molar-refractivity contribution in [2.75, 3.05) is 0 Å². The molecule has 17 heavy (non-hydrogen) atoms. The second-order valence-corrected chi connectivity index (χ2v) is 4.26. The van der Waals surface area contributed by atoms with E-state index in [1.807, 2.05) is 0 Å². The highest BCUT2D eigenvalue weighted by molar-refractivity contribution is 7.71. The predicted molar refractivity (Wildman–Crippen MR) is 67.4 cm³/mol. The molecule has 0 radical (unpaired) electrons. The van der Waals surface area contributed by atoms with Gasteiger partial charge in [0.05, 0.1) is 5.56 Å². The summed E-state index contributed by atoms with van der Waals surface area (Å²) in [6, 6.07) is 5.30. The summed E-state index contributed by atoms with van der Waals surface area (Å²) in [5.41, 5.74) is 2.15. The van der Waals surface area contributed by atoms with Crippen LogP contribution in [0.5, 0.6) is 0 Å². The second-order valence-electron chi connectivity index (χ2n) is 3.44. The molecule has 6 heteroatoms. The van der Waals surface area contributed by atoms with Gasteiger partial charge in [0.2, 0.25) is 5.89 Å². The van der Waals surface area contributed by atoms with Crippen molar-refractivity contribution < 1.29 is 4.42 Å². The fourth-order valence-corrected chi connectivity index (χ4v) is 1.76. The fraction of sp³-hybridized carbons (Fsp3) is 0. The average molecular weight is 264 g/mol. The second kappa shape index (κ2) is 3.94. The first kappa shape index (κ1) is 10.4. The number of H-pyrrole nitrogens is 1. The summed E-state index contributed by atoms with van der Waals surface area (Å²) >= 11 is 10.7. The van der Waals surface area contributed by atoms with Crippen LogP contribution in [0.25, 0.3) is 22.6 Å². The molecule has 0 spiro atoms. The maximum absolute atomic E-state index is 5.88. The van der Waals surface area contributed by atoms with Crippen molar-refractivity contribution in [3.05, 3.63) is 40.4 Å². The standard InChI is InChI=1S/C11H6ClN3OS/c12-7-1-2-9-8(3-7)15-10(16-9)6-4-13-11(17)14-5-6/h1-5H,(H,13,14,17). The molecule has 2 heterocycles. The van der Waals surface area contributed by atoms with Crippen LogP contribution >= 0.6 is 23.8 Å². The van der Waals surface area contributed by atoms with E-state index < -0.39 is 0 Å². The van der Waals surface area contributed by atoms with Gasteiger partial charge in [-0.3, -0.25) is 0 Å². The number of nitrogens with zero attached hydrogens (tertiary/aromatic N) is 2. The lowest BCUT2D eigenvalue weighted by Gasteiger charge is -1.91. The number of nitrogens with one attached hydrogen (secondary N) is 1. The van der Waals surface area contributed by atoms with Gasteiger partial charge in [0.1, 0.15) is 5.52 Å². The topological polar surface area (TPSA) is 54.7 Å². The molecule has 0 amide bonds. The first-order valence-electron chi connectivity index (χ1n) is 4.83. The summed E-state index contributed by atoms with van der Waals surface area (Å²) in [6.07, 6.45) is 3.33. The van der Waals surface area contributed by atoms with Gasteiger partial charge in [0, 0.05) is 17.4 Å². The highest BCUT2D eigenvalue weighted by Gasteiger charge is 2.08. The maximum Gasteiger partial charge on any atom is 0.230 e. The van der Waals surface area contributed by atoms with E-state index >= 15 is 0 Å². The Hall–Kier alpha value is -1.72. The summed E-state index contributed by atoms with van der Waals surface area (Å²) < 4.78 is 6.01. The highest BCUT2D eigenvalue weighted by Crippen LogP contribution is 2.25. The van der Waals surface area contributed by atoms with Crippen molar-refractivity contribution in [2.45, 2.75) is 0 Å². The summed E-state index contributed by atoms with van der Waals surface area (Å²) in [5.74, 6) is 0.487. The van der Waals surface area contributed by atoms with Crippen LogP contribution in [-0.2, 0) is 0 Å². The van der Waals surface area contributed by atoms with Gasteiger partial charge in [0.25, 0.3) is 0 Å². The molecule has 3 rings (SSSR count). The largest absolute Gasteiger partial charge is 0.436 e.